The second-order valence-electron chi connectivity index (χ2n) is 5.20. The SMILES string of the molecule is CCCNC(CCCC(C)C)c1ncccc1Cl. The number of rotatable bonds is 8. The van der Waals surface area contributed by atoms with E-state index in [1.807, 2.05) is 18.3 Å². The summed E-state index contributed by atoms with van der Waals surface area (Å²) in [7, 11) is 0. The molecule has 1 aromatic rings. The summed E-state index contributed by atoms with van der Waals surface area (Å²) in [5.74, 6) is 0.760. The van der Waals surface area contributed by atoms with E-state index in [1.165, 1.54) is 12.8 Å². The summed E-state index contributed by atoms with van der Waals surface area (Å²) in [6.45, 7) is 7.72. The quantitative estimate of drug-likeness (QED) is 0.745. The van der Waals surface area contributed by atoms with Gasteiger partial charge in [0.1, 0.15) is 0 Å². The van der Waals surface area contributed by atoms with E-state index >= 15 is 0 Å². The van der Waals surface area contributed by atoms with Crippen molar-refractivity contribution in [1.29, 1.82) is 0 Å². The molecule has 0 aromatic carbocycles. The van der Waals surface area contributed by atoms with Crippen molar-refractivity contribution in [2.24, 2.45) is 5.92 Å². The fourth-order valence-corrected chi connectivity index (χ4v) is 2.29. The Morgan fingerprint density at radius 2 is 2.11 bits per heavy atom. The Morgan fingerprint density at radius 1 is 1.33 bits per heavy atom. The van der Waals surface area contributed by atoms with Crippen LogP contribution in [0.3, 0.4) is 0 Å². The van der Waals surface area contributed by atoms with Gasteiger partial charge in [-0.1, -0.05) is 45.2 Å². The topological polar surface area (TPSA) is 24.9 Å². The summed E-state index contributed by atoms with van der Waals surface area (Å²) in [5, 5.41) is 4.33. The fourth-order valence-electron chi connectivity index (χ4n) is 2.04. The lowest BCUT2D eigenvalue weighted by molar-refractivity contribution is 0.441. The first-order chi connectivity index (χ1) is 8.65. The van der Waals surface area contributed by atoms with Crippen LogP contribution < -0.4 is 5.32 Å². The van der Waals surface area contributed by atoms with E-state index in [1.54, 1.807) is 0 Å². The standard InChI is InChI=1S/C15H25ClN2/c1-4-10-17-14(9-5-7-12(2)3)15-13(16)8-6-11-18-15/h6,8,11-12,14,17H,4-5,7,9-10H2,1-3H3. The highest BCUT2D eigenvalue weighted by atomic mass is 35.5. The van der Waals surface area contributed by atoms with Crippen LogP contribution in [0.25, 0.3) is 0 Å². The number of aromatic nitrogens is 1. The third-order valence-corrected chi connectivity index (χ3v) is 3.35. The zero-order valence-electron chi connectivity index (χ0n) is 11.7. The number of nitrogens with one attached hydrogen (secondary N) is 1. The Balaban J connectivity index is 2.62. The number of hydrogen-bond acceptors (Lipinski definition) is 2. The maximum Gasteiger partial charge on any atom is 0.0758 e. The molecule has 0 saturated heterocycles. The van der Waals surface area contributed by atoms with Gasteiger partial charge in [-0.05, 0) is 37.4 Å². The first-order valence-electron chi connectivity index (χ1n) is 6.99. The second-order valence-corrected chi connectivity index (χ2v) is 5.61. The van der Waals surface area contributed by atoms with E-state index in [4.69, 9.17) is 11.6 Å². The van der Waals surface area contributed by atoms with Gasteiger partial charge in [-0.2, -0.15) is 0 Å². The lowest BCUT2D eigenvalue weighted by atomic mass is 10.0. The summed E-state index contributed by atoms with van der Waals surface area (Å²) in [4.78, 5) is 4.43. The van der Waals surface area contributed by atoms with Crippen molar-refractivity contribution in [2.45, 2.75) is 52.5 Å². The molecule has 1 N–H and O–H groups in total. The first-order valence-corrected chi connectivity index (χ1v) is 7.36. The van der Waals surface area contributed by atoms with Crippen LogP contribution in [0, 0.1) is 5.92 Å². The predicted molar refractivity (Wildman–Crippen MR) is 79.0 cm³/mol. The van der Waals surface area contributed by atoms with Crippen LogP contribution in [0.5, 0.6) is 0 Å². The number of hydrogen-bond donors (Lipinski definition) is 1. The molecule has 1 aromatic heterocycles. The zero-order valence-corrected chi connectivity index (χ0v) is 12.5. The molecule has 1 rings (SSSR count). The molecule has 0 radical (unpaired) electrons. The normalized spacial score (nSPS) is 12.9. The Bertz CT molecular complexity index is 339. The van der Waals surface area contributed by atoms with E-state index in [2.05, 4.69) is 31.1 Å². The van der Waals surface area contributed by atoms with Crippen molar-refractivity contribution in [2.75, 3.05) is 6.54 Å². The fraction of sp³-hybridized carbons (Fsp3) is 0.667. The highest BCUT2D eigenvalue weighted by Gasteiger charge is 2.15. The molecule has 0 bridgehead atoms. The molecule has 0 saturated carbocycles. The molecule has 0 aliphatic heterocycles. The van der Waals surface area contributed by atoms with Crippen molar-refractivity contribution in [1.82, 2.24) is 10.3 Å². The van der Waals surface area contributed by atoms with Crippen LogP contribution in [0.15, 0.2) is 18.3 Å². The minimum atomic E-state index is 0.289. The third kappa shape index (κ3) is 5.36. The van der Waals surface area contributed by atoms with Gasteiger partial charge in [0.05, 0.1) is 16.8 Å². The summed E-state index contributed by atoms with van der Waals surface area (Å²) in [6.07, 6.45) is 6.53. The van der Waals surface area contributed by atoms with Gasteiger partial charge in [-0.3, -0.25) is 4.98 Å². The molecule has 2 nitrogen and oxygen atoms in total. The van der Waals surface area contributed by atoms with Crippen molar-refractivity contribution in [3.8, 4) is 0 Å². The molecule has 0 aliphatic carbocycles. The second kappa shape index (κ2) is 8.49. The summed E-state index contributed by atoms with van der Waals surface area (Å²) in [5.41, 5.74) is 0.997. The van der Waals surface area contributed by atoms with Crippen molar-refractivity contribution in [3.63, 3.8) is 0 Å². The van der Waals surface area contributed by atoms with Crippen LogP contribution in [0.2, 0.25) is 5.02 Å². The Kier molecular flexibility index (Phi) is 7.29. The van der Waals surface area contributed by atoms with Gasteiger partial charge in [0.15, 0.2) is 0 Å². The van der Waals surface area contributed by atoms with Gasteiger partial charge in [-0.15, -0.1) is 0 Å². The molecule has 3 heteroatoms. The van der Waals surface area contributed by atoms with E-state index in [0.29, 0.717) is 0 Å². The molecule has 1 heterocycles. The average Bonchev–Trinajstić information content (AvgIpc) is 2.34. The minimum Gasteiger partial charge on any atom is -0.309 e. The average molecular weight is 269 g/mol. The van der Waals surface area contributed by atoms with E-state index in [0.717, 1.165) is 36.0 Å². The molecule has 0 amide bonds. The molecule has 0 spiro atoms. The van der Waals surface area contributed by atoms with Crippen molar-refractivity contribution >= 4 is 11.6 Å². The molecule has 102 valence electrons. The van der Waals surface area contributed by atoms with Crippen LogP contribution in [0.4, 0.5) is 0 Å². The summed E-state index contributed by atoms with van der Waals surface area (Å²) >= 11 is 6.24. The van der Waals surface area contributed by atoms with Crippen LogP contribution in [-0.4, -0.2) is 11.5 Å². The molecule has 1 atom stereocenters. The maximum absolute atomic E-state index is 6.24. The number of pyridine rings is 1. The monoisotopic (exact) mass is 268 g/mol. The molecule has 18 heavy (non-hydrogen) atoms. The van der Waals surface area contributed by atoms with Crippen molar-refractivity contribution in [3.05, 3.63) is 29.0 Å². The molecular formula is C15H25ClN2. The molecule has 0 fully saturated rings. The van der Waals surface area contributed by atoms with Crippen molar-refractivity contribution < 1.29 is 0 Å². The summed E-state index contributed by atoms with van der Waals surface area (Å²) in [6, 6.07) is 4.10. The predicted octanol–water partition coefficient (Wildman–Crippen LogP) is 4.60. The van der Waals surface area contributed by atoms with Gasteiger partial charge in [-0.25, -0.2) is 0 Å². The smallest absolute Gasteiger partial charge is 0.0758 e. The van der Waals surface area contributed by atoms with Gasteiger partial charge >= 0.3 is 0 Å². The lowest BCUT2D eigenvalue weighted by Gasteiger charge is -2.19. The number of nitrogens with zero attached hydrogens (tertiary/aromatic N) is 1. The molecular weight excluding hydrogens is 244 g/mol. The minimum absolute atomic E-state index is 0.289. The summed E-state index contributed by atoms with van der Waals surface area (Å²) < 4.78 is 0. The van der Waals surface area contributed by atoms with Crippen LogP contribution in [0.1, 0.15) is 58.2 Å². The lowest BCUT2D eigenvalue weighted by Crippen LogP contribution is -2.23. The molecule has 1 unspecified atom stereocenters. The van der Waals surface area contributed by atoms with Gasteiger partial charge in [0.25, 0.3) is 0 Å². The largest absolute Gasteiger partial charge is 0.309 e. The Morgan fingerprint density at radius 3 is 2.72 bits per heavy atom. The van der Waals surface area contributed by atoms with Gasteiger partial charge in [0, 0.05) is 6.20 Å². The maximum atomic E-state index is 6.24. The highest BCUT2D eigenvalue weighted by molar-refractivity contribution is 6.31. The number of halogens is 1. The third-order valence-electron chi connectivity index (χ3n) is 3.03. The van der Waals surface area contributed by atoms with E-state index in [-0.39, 0.29) is 6.04 Å². The van der Waals surface area contributed by atoms with Gasteiger partial charge in [0.2, 0.25) is 0 Å². The van der Waals surface area contributed by atoms with Gasteiger partial charge < -0.3 is 5.32 Å². The Labute approximate surface area is 116 Å². The highest BCUT2D eigenvalue weighted by Crippen LogP contribution is 2.25. The first kappa shape index (κ1) is 15.5. The van der Waals surface area contributed by atoms with Crippen LogP contribution in [-0.2, 0) is 0 Å². The zero-order chi connectivity index (χ0) is 13.4. The van der Waals surface area contributed by atoms with E-state index in [9.17, 15) is 0 Å². The van der Waals surface area contributed by atoms with Crippen LogP contribution >= 0.6 is 11.6 Å². The van der Waals surface area contributed by atoms with E-state index < -0.39 is 0 Å². The molecule has 0 aliphatic rings. The Hall–Kier alpha value is -0.600.